The van der Waals surface area contributed by atoms with Gasteiger partial charge in [-0.2, -0.15) is 0 Å². The van der Waals surface area contributed by atoms with Gasteiger partial charge in [0.1, 0.15) is 5.75 Å². The molecule has 0 atom stereocenters. The summed E-state index contributed by atoms with van der Waals surface area (Å²) in [6, 6.07) is 13.6. The third kappa shape index (κ3) is 5.74. The lowest BCUT2D eigenvalue weighted by Crippen LogP contribution is -2.39. The Morgan fingerprint density at radius 2 is 1.94 bits per heavy atom. The smallest absolute Gasteiger partial charge is 0.260 e. The Balaban J connectivity index is 0.00000272. The maximum atomic E-state index is 13.4. The number of nitrogens with zero attached hydrogens (tertiary/aromatic N) is 3. The number of halogens is 1. The Hall–Kier alpha value is -2.19. The van der Waals surface area contributed by atoms with Crippen LogP contribution in [0.2, 0.25) is 0 Å². The number of ether oxygens (including phenoxy) is 2. The van der Waals surface area contributed by atoms with E-state index in [1.165, 1.54) is 0 Å². The predicted octanol–water partition coefficient (Wildman–Crippen LogP) is 4.40. The van der Waals surface area contributed by atoms with Crippen molar-refractivity contribution in [2.45, 2.75) is 13.3 Å². The molecule has 0 bridgehead atoms. The van der Waals surface area contributed by atoms with Gasteiger partial charge in [0, 0.05) is 37.8 Å². The van der Waals surface area contributed by atoms with Crippen molar-refractivity contribution in [1.29, 1.82) is 0 Å². The first-order valence-corrected chi connectivity index (χ1v) is 11.1. The van der Waals surface area contributed by atoms with E-state index in [1.54, 1.807) is 18.4 Å². The van der Waals surface area contributed by atoms with Crippen molar-refractivity contribution >= 4 is 45.0 Å². The van der Waals surface area contributed by atoms with Crippen LogP contribution in [-0.4, -0.2) is 62.3 Å². The quantitative estimate of drug-likeness (QED) is 0.521. The van der Waals surface area contributed by atoms with Crippen LogP contribution in [0.15, 0.2) is 42.5 Å². The number of carbonyl (C=O) groups excluding carboxylic acids is 1. The number of morpholine rings is 1. The van der Waals surface area contributed by atoms with Crippen LogP contribution in [0, 0.1) is 6.92 Å². The van der Waals surface area contributed by atoms with Crippen LogP contribution in [0.3, 0.4) is 0 Å². The molecule has 1 aliphatic heterocycles. The number of carbonyl (C=O) groups is 1. The van der Waals surface area contributed by atoms with Crippen LogP contribution in [-0.2, 0) is 4.74 Å². The summed E-state index contributed by atoms with van der Waals surface area (Å²) in [6.07, 6.45) is 0.886. The van der Waals surface area contributed by atoms with Gasteiger partial charge in [0.2, 0.25) is 0 Å². The van der Waals surface area contributed by atoms with Crippen molar-refractivity contribution in [2.75, 3.05) is 51.4 Å². The zero-order chi connectivity index (χ0) is 20.9. The number of aryl methyl sites for hydroxylation is 1. The van der Waals surface area contributed by atoms with Crippen LogP contribution in [0.1, 0.15) is 22.3 Å². The molecule has 0 radical (unpaired) electrons. The van der Waals surface area contributed by atoms with Gasteiger partial charge in [0.15, 0.2) is 5.13 Å². The number of methoxy groups -OCH3 is 1. The lowest BCUT2D eigenvalue weighted by atomic mass is 10.1. The lowest BCUT2D eigenvalue weighted by Gasteiger charge is -2.27. The first kappa shape index (κ1) is 23.5. The number of benzene rings is 2. The molecule has 1 aliphatic rings. The van der Waals surface area contributed by atoms with Crippen molar-refractivity contribution in [3.8, 4) is 5.75 Å². The molecule has 2 heterocycles. The van der Waals surface area contributed by atoms with Gasteiger partial charge in [-0.3, -0.25) is 14.6 Å². The minimum Gasteiger partial charge on any atom is -0.497 e. The number of amides is 1. The topological polar surface area (TPSA) is 54.9 Å². The van der Waals surface area contributed by atoms with Gasteiger partial charge in [-0.05, 0) is 37.6 Å². The lowest BCUT2D eigenvalue weighted by molar-refractivity contribution is 0.0376. The highest BCUT2D eigenvalue weighted by molar-refractivity contribution is 7.22. The van der Waals surface area contributed by atoms with Crippen molar-refractivity contribution in [3.05, 3.63) is 53.6 Å². The largest absolute Gasteiger partial charge is 0.497 e. The van der Waals surface area contributed by atoms with Gasteiger partial charge in [-0.15, -0.1) is 12.4 Å². The Bertz CT molecular complexity index is 1000. The number of hydrogen-bond donors (Lipinski definition) is 0. The fourth-order valence-electron chi connectivity index (χ4n) is 3.55. The van der Waals surface area contributed by atoms with Crippen LogP contribution in [0.5, 0.6) is 5.75 Å². The fourth-order valence-corrected chi connectivity index (χ4v) is 4.52. The second-order valence-corrected chi connectivity index (χ2v) is 8.47. The second kappa shape index (κ2) is 10.9. The van der Waals surface area contributed by atoms with Crippen molar-refractivity contribution in [2.24, 2.45) is 0 Å². The Morgan fingerprint density at radius 1 is 1.19 bits per heavy atom. The number of anilines is 1. The van der Waals surface area contributed by atoms with Gasteiger partial charge in [0.05, 0.1) is 30.5 Å². The van der Waals surface area contributed by atoms with Crippen molar-refractivity contribution in [1.82, 2.24) is 9.88 Å². The molecular formula is C23H28ClN3O3S. The third-order valence-corrected chi connectivity index (χ3v) is 6.38. The van der Waals surface area contributed by atoms with Gasteiger partial charge in [0.25, 0.3) is 5.91 Å². The van der Waals surface area contributed by atoms with E-state index >= 15 is 0 Å². The van der Waals surface area contributed by atoms with E-state index in [4.69, 9.17) is 14.5 Å². The van der Waals surface area contributed by atoms with Crippen molar-refractivity contribution in [3.63, 3.8) is 0 Å². The normalized spacial score (nSPS) is 14.3. The van der Waals surface area contributed by atoms with E-state index in [2.05, 4.69) is 4.90 Å². The predicted molar refractivity (Wildman–Crippen MR) is 128 cm³/mol. The minimum absolute atomic E-state index is 0. The van der Waals surface area contributed by atoms with E-state index in [-0.39, 0.29) is 18.3 Å². The molecule has 166 valence electrons. The molecule has 0 aliphatic carbocycles. The molecular weight excluding hydrogens is 434 g/mol. The maximum absolute atomic E-state index is 13.4. The van der Waals surface area contributed by atoms with E-state index < -0.39 is 0 Å². The van der Waals surface area contributed by atoms with Crippen LogP contribution in [0.25, 0.3) is 10.2 Å². The monoisotopic (exact) mass is 461 g/mol. The zero-order valence-corrected chi connectivity index (χ0v) is 19.5. The molecule has 0 spiro atoms. The van der Waals surface area contributed by atoms with E-state index in [9.17, 15) is 4.79 Å². The fraction of sp³-hybridized carbons (Fsp3) is 0.391. The molecule has 31 heavy (non-hydrogen) atoms. The summed E-state index contributed by atoms with van der Waals surface area (Å²) >= 11 is 1.54. The number of hydrogen-bond acceptors (Lipinski definition) is 6. The first-order chi connectivity index (χ1) is 14.6. The van der Waals surface area contributed by atoms with Crippen LogP contribution >= 0.6 is 23.7 Å². The summed E-state index contributed by atoms with van der Waals surface area (Å²) in [7, 11) is 1.65. The van der Waals surface area contributed by atoms with E-state index in [0.29, 0.717) is 12.1 Å². The van der Waals surface area contributed by atoms with Crippen LogP contribution < -0.4 is 9.64 Å². The maximum Gasteiger partial charge on any atom is 0.260 e. The standard InChI is InChI=1S/C23H27N3O3S.ClH/c1-17-4-6-18(7-5-17)22(27)26(11-3-10-25-12-14-29-15-13-25)23-24-20-16-19(28-2)8-9-21(20)30-23;/h4-9,16H,3,10-15H2,1-2H3;1H. The highest BCUT2D eigenvalue weighted by Gasteiger charge is 2.22. The van der Waals surface area contributed by atoms with Crippen molar-refractivity contribution < 1.29 is 14.3 Å². The van der Waals surface area contributed by atoms with Gasteiger partial charge >= 0.3 is 0 Å². The van der Waals surface area contributed by atoms with E-state index in [1.807, 2.05) is 54.3 Å². The number of fused-ring (bicyclic) bond motifs is 1. The van der Waals surface area contributed by atoms with E-state index in [0.717, 1.165) is 65.9 Å². The average molecular weight is 462 g/mol. The SMILES string of the molecule is COc1ccc2sc(N(CCCN3CCOCC3)C(=O)c3ccc(C)cc3)nc2c1.Cl. The van der Waals surface area contributed by atoms with Gasteiger partial charge in [-0.25, -0.2) is 4.98 Å². The summed E-state index contributed by atoms with van der Waals surface area (Å²) in [4.78, 5) is 22.3. The molecule has 1 aromatic heterocycles. The molecule has 0 unspecified atom stereocenters. The number of aromatic nitrogens is 1. The molecule has 0 N–H and O–H groups in total. The molecule has 2 aromatic carbocycles. The first-order valence-electron chi connectivity index (χ1n) is 10.3. The summed E-state index contributed by atoms with van der Waals surface area (Å²) < 4.78 is 11.8. The molecule has 8 heteroatoms. The molecule has 4 rings (SSSR count). The Kier molecular flexibility index (Phi) is 8.26. The van der Waals surface area contributed by atoms with Gasteiger partial charge < -0.3 is 9.47 Å². The summed E-state index contributed by atoms with van der Waals surface area (Å²) in [5, 5.41) is 0.728. The zero-order valence-electron chi connectivity index (χ0n) is 17.9. The molecule has 0 saturated carbocycles. The van der Waals surface area contributed by atoms with Gasteiger partial charge in [-0.1, -0.05) is 29.0 Å². The molecule has 3 aromatic rings. The Labute approximate surface area is 193 Å². The summed E-state index contributed by atoms with van der Waals surface area (Å²) in [5.74, 6) is 0.756. The summed E-state index contributed by atoms with van der Waals surface area (Å²) in [6.45, 7) is 7.06. The average Bonchev–Trinajstić information content (AvgIpc) is 3.20. The highest BCUT2D eigenvalue weighted by atomic mass is 35.5. The molecule has 1 saturated heterocycles. The number of thiazole rings is 1. The van der Waals surface area contributed by atoms with Crippen LogP contribution in [0.4, 0.5) is 5.13 Å². The summed E-state index contributed by atoms with van der Waals surface area (Å²) in [5.41, 5.74) is 2.67. The molecule has 1 fully saturated rings. The minimum atomic E-state index is -0.0111. The highest BCUT2D eigenvalue weighted by Crippen LogP contribution is 2.32. The molecule has 1 amide bonds. The number of rotatable bonds is 7. The molecule has 6 nitrogen and oxygen atoms in total. The third-order valence-electron chi connectivity index (χ3n) is 5.32. The second-order valence-electron chi connectivity index (χ2n) is 7.46. The Morgan fingerprint density at radius 3 is 2.65 bits per heavy atom.